The first-order valence-electron chi connectivity index (χ1n) is 5.72. The molecule has 96 valence electrons. The highest BCUT2D eigenvalue weighted by Crippen LogP contribution is 2.35. The van der Waals surface area contributed by atoms with Crippen molar-refractivity contribution in [3.05, 3.63) is 0 Å². The molecule has 0 aromatic heterocycles. The summed E-state index contributed by atoms with van der Waals surface area (Å²) in [6.07, 6.45) is -0.777. The van der Waals surface area contributed by atoms with Crippen molar-refractivity contribution in [2.75, 3.05) is 20.2 Å². The zero-order valence-electron chi connectivity index (χ0n) is 9.86. The molecule has 1 rings (SSSR count). The lowest BCUT2D eigenvalue weighted by Crippen LogP contribution is -2.47. The summed E-state index contributed by atoms with van der Waals surface area (Å²) in [5.41, 5.74) is -0.623. The molecule has 2 unspecified atom stereocenters. The van der Waals surface area contributed by atoms with Crippen molar-refractivity contribution < 1.29 is 17.9 Å². The second kappa shape index (κ2) is 5.36. The lowest BCUT2D eigenvalue weighted by Gasteiger charge is -2.40. The van der Waals surface area contributed by atoms with Crippen LogP contribution in [0, 0.1) is 5.92 Å². The Labute approximate surface area is 94.5 Å². The molecule has 1 aliphatic carbocycles. The van der Waals surface area contributed by atoms with E-state index in [9.17, 15) is 13.2 Å². The van der Waals surface area contributed by atoms with Crippen molar-refractivity contribution >= 4 is 0 Å². The maximum absolute atomic E-state index is 12.2. The number of hydrogen-bond acceptors (Lipinski definition) is 2. The Hall–Kier alpha value is -0.290. The third kappa shape index (κ3) is 4.29. The molecule has 0 heterocycles. The van der Waals surface area contributed by atoms with Crippen LogP contribution in [0.25, 0.3) is 0 Å². The summed E-state index contributed by atoms with van der Waals surface area (Å²) in [4.78, 5) is 0. The second-order valence-electron chi connectivity index (χ2n) is 4.82. The second-order valence-corrected chi connectivity index (χ2v) is 4.82. The minimum absolute atomic E-state index is 0.440. The highest BCUT2D eigenvalue weighted by atomic mass is 19.4. The van der Waals surface area contributed by atoms with Gasteiger partial charge in [0.25, 0.3) is 0 Å². The summed E-state index contributed by atoms with van der Waals surface area (Å²) < 4.78 is 41.7. The maximum Gasteiger partial charge on any atom is 0.411 e. The quantitative estimate of drug-likeness (QED) is 0.814. The van der Waals surface area contributed by atoms with Gasteiger partial charge >= 0.3 is 6.18 Å². The molecule has 0 saturated heterocycles. The molecule has 0 aromatic rings. The van der Waals surface area contributed by atoms with Crippen LogP contribution < -0.4 is 5.32 Å². The van der Waals surface area contributed by atoms with E-state index in [1.165, 1.54) is 0 Å². The van der Waals surface area contributed by atoms with Crippen LogP contribution in [0.3, 0.4) is 0 Å². The standard InChI is InChI=1S/C11H20F3NO/c1-9-4-3-5-10(6-9,7-15-2)16-8-11(12,13)14/h9,15H,3-8H2,1-2H3. The fraction of sp³-hybridized carbons (Fsp3) is 1.00. The van der Waals surface area contributed by atoms with Gasteiger partial charge in [-0.2, -0.15) is 13.2 Å². The van der Waals surface area contributed by atoms with E-state index in [1.54, 1.807) is 7.05 Å². The molecule has 0 bridgehead atoms. The first kappa shape index (κ1) is 13.8. The van der Waals surface area contributed by atoms with Crippen molar-refractivity contribution in [2.24, 2.45) is 5.92 Å². The van der Waals surface area contributed by atoms with Gasteiger partial charge in [0.1, 0.15) is 6.61 Å². The molecule has 0 aromatic carbocycles. The molecular formula is C11H20F3NO. The number of ether oxygens (including phenoxy) is 1. The summed E-state index contributed by atoms with van der Waals surface area (Å²) in [7, 11) is 1.75. The average Bonchev–Trinajstić information content (AvgIpc) is 2.14. The van der Waals surface area contributed by atoms with E-state index in [0.717, 1.165) is 12.8 Å². The number of rotatable bonds is 4. The Morgan fingerprint density at radius 2 is 2.12 bits per heavy atom. The summed E-state index contributed by atoms with van der Waals surface area (Å²) in [5, 5.41) is 2.94. The number of halogens is 3. The van der Waals surface area contributed by atoms with Gasteiger partial charge in [-0.25, -0.2) is 0 Å². The van der Waals surface area contributed by atoms with Crippen molar-refractivity contribution in [1.29, 1.82) is 0 Å². The maximum atomic E-state index is 12.2. The zero-order valence-corrected chi connectivity index (χ0v) is 9.86. The molecule has 2 nitrogen and oxygen atoms in total. The van der Waals surface area contributed by atoms with Crippen LogP contribution >= 0.6 is 0 Å². The van der Waals surface area contributed by atoms with Gasteiger partial charge in [0, 0.05) is 6.54 Å². The van der Waals surface area contributed by atoms with E-state index in [4.69, 9.17) is 4.74 Å². The largest absolute Gasteiger partial charge is 0.411 e. The van der Waals surface area contributed by atoms with Crippen LogP contribution in [0.2, 0.25) is 0 Å². The summed E-state index contributed by atoms with van der Waals surface area (Å²) >= 11 is 0. The van der Waals surface area contributed by atoms with Gasteiger partial charge in [0.2, 0.25) is 0 Å². The van der Waals surface area contributed by atoms with Gasteiger partial charge in [0.15, 0.2) is 0 Å². The van der Waals surface area contributed by atoms with Crippen LogP contribution in [0.1, 0.15) is 32.6 Å². The number of alkyl halides is 3. The third-order valence-electron chi connectivity index (χ3n) is 3.09. The van der Waals surface area contributed by atoms with Crippen LogP contribution in [-0.2, 0) is 4.74 Å². The van der Waals surface area contributed by atoms with Crippen molar-refractivity contribution in [3.63, 3.8) is 0 Å². The number of nitrogens with one attached hydrogen (secondary N) is 1. The van der Waals surface area contributed by atoms with Gasteiger partial charge in [-0.1, -0.05) is 19.8 Å². The normalized spacial score (nSPS) is 31.7. The van der Waals surface area contributed by atoms with E-state index in [1.807, 2.05) is 0 Å². The highest BCUT2D eigenvalue weighted by molar-refractivity contribution is 4.89. The summed E-state index contributed by atoms with van der Waals surface area (Å²) in [6, 6.07) is 0. The predicted molar refractivity (Wildman–Crippen MR) is 56.3 cm³/mol. The van der Waals surface area contributed by atoms with Gasteiger partial charge in [-0.05, 0) is 25.8 Å². The molecule has 0 aliphatic heterocycles. The van der Waals surface area contributed by atoms with E-state index in [0.29, 0.717) is 25.3 Å². The molecule has 16 heavy (non-hydrogen) atoms. The lowest BCUT2D eigenvalue weighted by molar-refractivity contribution is -0.212. The van der Waals surface area contributed by atoms with Crippen LogP contribution in [0.5, 0.6) is 0 Å². The fourth-order valence-electron chi connectivity index (χ4n) is 2.51. The minimum Gasteiger partial charge on any atom is -0.364 e. The van der Waals surface area contributed by atoms with Gasteiger partial charge in [-0.3, -0.25) is 0 Å². The molecule has 1 N–H and O–H groups in total. The number of likely N-dealkylation sites (N-methyl/N-ethyl adjacent to an activating group) is 1. The van der Waals surface area contributed by atoms with Gasteiger partial charge in [-0.15, -0.1) is 0 Å². The summed E-state index contributed by atoms with van der Waals surface area (Å²) in [6.45, 7) is 1.43. The Morgan fingerprint density at radius 3 is 2.62 bits per heavy atom. The molecule has 0 amide bonds. The Balaban J connectivity index is 2.57. The molecular weight excluding hydrogens is 219 g/mol. The first-order valence-corrected chi connectivity index (χ1v) is 5.72. The van der Waals surface area contributed by atoms with E-state index in [2.05, 4.69) is 12.2 Å². The van der Waals surface area contributed by atoms with Crippen molar-refractivity contribution in [1.82, 2.24) is 5.32 Å². The molecule has 1 aliphatic rings. The SMILES string of the molecule is CNCC1(OCC(F)(F)F)CCCC(C)C1. The number of hydrogen-bond donors (Lipinski definition) is 1. The van der Waals surface area contributed by atoms with Crippen molar-refractivity contribution in [3.8, 4) is 0 Å². The minimum atomic E-state index is -4.23. The monoisotopic (exact) mass is 239 g/mol. The molecule has 2 atom stereocenters. The van der Waals surface area contributed by atoms with E-state index < -0.39 is 18.4 Å². The van der Waals surface area contributed by atoms with Crippen molar-refractivity contribution in [2.45, 2.75) is 44.4 Å². The first-order chi connectivity index (χ1) is 7.37. The molecule has 1 saturated carbocycles. The molecule has 1 fully saturated rings. The fourth-order valence-corrected chi connectivity index (χ4v) is 2.51. The van der Waals surface area contributed by atoms with Crippen LogP contribution in [0.15, 0.2) is 0 Å². The van der Waals surface area contributed by atoms with Crippen LogP contribution in [0.4, 0.5) is 13.2 Å². The van der Waals surface area contributed by atoms with Gasteiger partial charge in [0.05, 0.1) is 5.60 Å². The Morgan fingerprint density at radius 1 is 1.44 bits per heavy atom. The molecule has 0 spiro atoms. The topological polar surface area (TPSA) is 21.3 Å². The molecule has 5 heteroatoms. The highest BCUT2D eigenvalue weighted by Gasteiger charge is 2.39. The van der Waals surface area contributed by atoms with Crippen LogP contribution in [-0.4, -0.2) is 32.0 Å². The Bertz CT molecular complexity index is 216. The average molecular weight is 239 g/mol. The predicted octanol–water partition coefficient (Wildman–Crippen LogP) is 2.73. The Kier molecular flexibility index (Phi) is 4.62. The third-order valence-corrected chi connectivity index (χ3v) is 3.09. The van der Waals surface area contributed by atoms with Gasteiger partial charge < -0.3 is 10.1 Å². The smallest absolute Gasteiger partial charge is 0.364 e. The van der Waals surface area contributed by atoms with E-state index >= 15 is 0 Å². The molecule has 0 radical (unpaired) electrons. The van der Waals surface area contributed by atoms with E-state index in [-0.39, 0.29) is 0 Å². The lowest BCUT2D eigenvalue weighted by atomic mass is 9.78. The summed E-state index contributed by atoms with van der Waals surface area (Å²) in [5.74, 6) is 0.440. The zero-order chi connectivity index (χ0) is 12.2.